The standard InChI is InChI=1S/C29H25F3N2O3S/c30-29(31,32)27(34-38(36,37)23-15-8-3-9-16-23)25-18-10-17-24(22-13-6-2-7-14-22)26(25)28(35)33-20-19-21-11-4-1-5-12-21/h1-18,27,34H,19-20H2,(H,33,35). The zero-order valence-corrected chi connectivity index (χ0v) is 21.0. The third-order valence-electron chi connectivity index (χ3n) is 5.92. The molecule has 1 amide bonds. The molecule has 0 fully saturated rings. The van der Waals surface area contributed by atoms with Crippen molar-refractivity contribution in [1.82, 2.24) is 10.0 Å². The number of carbonyl (C=O) groups is 1. The summed E-state index contributed by atoms with van der Waals surface area (Å²) in [5.41, 5.74) is 0.997. The van der Waals surface area contributed by atoms with Crippen molar-refractivity contribution in [1.29, 1.82) is 0 Å². The largest absolute Gasteiger partial charge is 0.408 e. The van der Waals surface area contributed by atoms with Crippen molar-refractivity contribution < 1.29 is 26.4 Å². The van der Waals surface area contributed by atoms with Crippen molar-refractivity contribution >= 4 is 15.9 Å². The first-order valence-electron chi connectivity index (χ1n) is 11.8. The number of benzene rings is 4. The fraction of sp³-hybridized carbons (Fsp3) is 0.138. The minimum absolute atomic E-state index is 0.178. The summed E-state index contributed by atoms with van der Waals surface area (Å²) in [5.74, 6) is -0.733. The maximum absolute atomic E-state index is 14.4. The zero-order valence-electron chi connectivity index (χ0n) is 20.2. The smallest absolute Gasteiger partial charge is 0.352 e. The summed E-state index contributed by atoms with van der Waals surface area (Å²) in [6, 6.07) is 26.0. The summed E-state index contributed by atoms with van der Waals surface area (Å²) in [5, 5.41) is 2.72. The SMILES string of the molecule is O=C(NCCc1ccccc1)c1c(-c2ccccc2)cccc1C(NS(=O)(=O)c1ccccc1)C(F)(F)F. The number of hydrogen-bond acceptors (Lipinski definition) is 3. The molecule has 0 spiro atoms. The number of alkyl halides is 3. The molecule has 5 nitrogen and oxygen atoms in total. The summed E-state index contributed by atoms with van der Waals surface area (Å²) >= 11 is 0. The summed E-state index contributed by atoms with van der Waals surface area (Å²) in [7, 11) is -4.57. The highest BCUT2D eigenvalue weighted by Gasteiger charge is 2.45. The molecule has 0 saturated carbocycles. The Bertz CT molecular complexity index is 1480. The number of sulfonamides is 1. The number of amides is 1. The molecule has 0 aromatic heterocycles. The van der Waals surface area contributed by atoms with E-state index in [1.807, 2.05) is 30.3 Å². The number of carbonyl (C=O) groups excluding carboxylic acids is 1. The van der Waals surface area contributed by atoms with E-state index in [9.17, 15) is 26.4 Å². The van der Waals surface area contributed by atoms with E-state index in [-0.39, 0.29) is 22.6 Å². The summed E-state index contributed by atoms with van der Waals surface area (Å²) in [4.78, 5) is 13.1. The van der Waals surface area contributed by atoms with Gasteiger partial charge in [-0.1, -0.05) is 97.1 Å². The van der Waals surface area contributed by atoms with Gasteiger partial charge in [-0.25, -0.2) is 8.42 Å². The van der Waals surface area contributed by atoms with E-state index in [2.05, 4.69) is 5.32 Å². The molecule has 0 heterocycles. The first-order valence-corrected chi connectivity index (χ1v) is 13.3. The van der Waals surface area contributed by atoms with E-state index in [1.54, 1.807) is 47.2 Å². The van der Waals surface area contributed by atoms with Crippen LogP contribution in [0.3, 0.4) is 0 Å². The minimum Gasteiger partial charge on any atom is -0.352 e. The number of nitrogens with one attached hydrogen (secondary N) is 2. The van der Waals surface area contributed by atoms with Crippen LogP contribution in [0.4, 0.5) is 13.2 Å². The lowest BCUT2D eigenvalue weighted by atomic mass is 9.91. The molecule has 0 saturated heterocycles. The third-order valence-corrected chi connectivity index (χ3v) is 7.35. The van der Waals surface area contributed by atoms with Gasteiger partial charge in [-0.3, -0.25) is 4.79 Å². The van der Waals surface area contributed by atoms with Crippen LogP contribution < -0.4 is 10.0 Å². The molecule has 38 heavy (non-hydrogen) atoms. The number of halogens is 3. The molecule has 9 heteroatoms. The highest BCUT2D eigenvalue weighted by atomic mass is 32.2. The van der Waals surface area contributed by atoms with E-state index in [0.717, 1.165) is 11.6 Å². The molecule has 4 aromatic carbocycles. The Balaban J connectivity index is 1.76. The van der Waals surface area contributed by atoms with Crippen molar-refractivity contribution in [3.05, 3.63) is 126 Å². The lowest BCUT2D eigenvalue weighted by molar-refractivity contribution is -0.153. The second-order valence-electron chi connectivity index (χ2n) is 8.54. The molecule has 4 rings (SSSR count). The van der Waals surface area contributed by atoms with Crippen LogP contribution in [0.2, 0.25) is 0 Å². The molecular formula is C29H25F3N2O3S. The number of hydrogen-bond donors (Lipinski definition) is 2. The topological polar surface area (TPSA) is 75.3 Å². The average molecular weight is 539 g/mol. The second kappa shape index (κ2) is 11.6. The van der Waals surface area contributed by atoms with Crippen LogP contribution in [0, 0.1) is 0 Å². The van der Waals surface area contributed by atoms with Gasteiger partial charge >= 0.3 is 6.18 Å². The molecule has 0 radical (unpaired) electrons. The summed E-state index contributed by atoms with van der Waals surface area (Å²) in [6.07, 6.45) is -4.56. The van der Waals surface area contributed by atoms with E-state index < -0.39 is 33.7 Å². The predicted molar refractivity (Wildman–Crippen MR) is 140 cm³/mol. The Morgan fingerprint density at radius 3 is 1.95 bits per heavy atom. The van der Waals surface area contributed by atoms with Crippen LogP contribution in [0.5, 0.6) is 0 Å². The van der Waals surface area contributed by atoms with Gasteiger partial charge in [-0.15, -0.1) is 0 Å². The van der Waals surface area contributed by atoms with Gasteiger partial charge in [0.1, 0.15) is 6.04 Å². The van der Waals surface area contributed by atoms with Crippen molar-refractivity contribution in [2.75, 3.05) is 6.54 Å². The predicted octanol–water partition coefficient (Wildman–Crippen LogP) is 5.91. The number of rotatable bonds is 9. The average Bonchev–Trinajstić information content (AvgIpc) is 2.92. The fourth-order valence-corrected chi connectivity index (χ4v) is 5.33. The van der Waals surface area contributed by atoms with Crippen LogP contribution >= 0.6 is 0 Å². The van der Waals surface area contributed by atoms with Crippen LogP contribution in [0.1, 0.15) is 27.5 Å². The van der Waals surface area contributed by atoms with E-state index in [1.165, 1.54) is 30.3 Å². The Labute approximate surface area is 219 Å². The first kappa shape index (κ1) is 27.1. The third kappa shape index (κ3) is 6.48. The minimum atomic E-state index is -5.03. The molecule has 0 bridgehead atoms. The summed E-state index contributed by atoms with van der Waals surface area (Å²) < 4.78 is 71.0. The molecular weight excluding hydrogens is 513 g/mol. The Morgan fingerprint density at radius 2 is 1.34 bits per heavy atom. The maximum Gasteiger partial charge on any atom is 0.408 e. The van der Waals surface area contributed by atoms with E-state index >= 15 is 0 Å². The van der Waals surface area contributed by atoms with E-state index in [4.69, 9.17) is 0 Å². The molecule has 0 aliphatic carbocycles. The molecule has 196 valence electrons. The van der Waals surface area contributed by atoms with Crippen LogP contribution in [-0.2, 0) is 16.4 Å². The van der Waals surface area contributed by atoms with Crippen molar-refractivity contribution in [3.63, 3.8) is 0 Å². The Kier molecular flexibility index (Phi) is 8.29. The first-order chi connectivity index (χ1) is 18.2. The quantitative estimate of drug-likeness (QED) is 0.278. The molecule has 4 aromatic rings. The fourth-order valence-electron chi connectivity index (χ4n) is 4.11. The van der Waals surface area contributed by atoms with Crippen molar-refractivity contribution in [2.45, 2.75) is 23.5 Å². The van der Waals surface area contributed by atoms with Crippen LogP contribution in [-0.4, -0.2) is 27.0 Å². The van der Waals surface area contributed by atoms with Gasteiger partial charge in [0.15, 0.2) is 0 Å². The summed E-state index contributed by atoms with van der Waals surface area (Å²) in [6.45, 7) is 0.178. The normalized spacial score (nSPS) is 12.6. The van der Waals surface area contributed by atoms with Gasteiger partial charge in [0.25, 0.3) is 5.91 Å². The Morgan fingerprint density at radius 1 is 0.763 bits per heavy atom. The lowest BCUT2D eigenvalue weighted by Gasteiger charge is -2.25. The molecule has 1 unspecified atom stereocenters. The highest BCUT2D eigenvalue weighted by Crippen LogP contribution is 2.38. The molecule has 0 aliphatic heterocycles. The van der Waals surface area contributed by atoms with Gasteiger partial charge in [0.2, 0.25) is 10.0 Å². The molecule has 2 N–H and O–H groups in total. The second-order valence-corrected chi connectivity index (χ2v) is 10.3. The van der Waals surface area contributed by atoms with Gasteiger partial charge in [0, 0.05) is 6.54 Å². The monoisotopic (exact) mass is 538 g/mol. The van der Waals surface area contributed by atoms with E-state index in [0.29, 0.717) is 12.0 Å². The van der Waals surface area contributed by atoms with Gasteiger partial charge in [-0.2, -0.15) is 17.9 Å². The van der Waals surface area contributed by atoms with Crippen molar-refractivity contribution in [2.24, 2.45) is 0 Å². The Hall–Kier alpha value is -3.95. The van der Waals surface area contributed by atoms with Gasteiger partial charge in [0.05, 0.1) is 10.5 Å². The molecule has 0 aliphatic rings. The van der Waals surface area contributed by atoms with Crippen molar-refractivity contribution in [3.8, 4) is 11.1 Å². The lowest BCUT2D eigenvalue weighted by Crippen LogP contribution is -2.40. The van der Waals surface area contributed by atoms with Gasteiger partial charge in [-0.05, 0) is 40.8 Å². The maximum atomic E-state index is 14.4. The van der Waals surface area contributed by atoms with Crippen LogP contribution in [0.25, 0.3) is 11.1 Å². The van der Waals surface area contributed by atoms with Crippen LogP contribution in [0.15, 0.2) is 114 Å². The van der Waals surface area contributed by atoms with Gasteiger partial charge < -0.3 is 5.32 Å². The zero-order chi connectivity index (χ0) is 27.2. The molecule has 1 atom stereocenters. The highest BCUT2D eigenvalue weighted by molar-refractivity contribution is 7.89.